The number of hydrogen-bond donors (Lipinski definition) is 0. The van der Waals surface area contributed by atoms with Crippen molar-refractivity contribution in [3.05, 3.63) is 45.0 Å². The second-order valence-corrected chi connectivity index (χ2v) is 4.98. The number of benzene rings is 1. The predicted octanol–water partition coefficient (Wildman–Crippen LogP) is 4.03. The molecule has 3 nitrogen and oxygen atoms in total. The van der Waals surface area contributed by atoms with Crippen LogP contribution < -0.4 is 5.63 Å². The molecule has 0 bridgehead atoms. The fourth-order valence-electron chi connectivity index (χ4n) is 2.62. The van der Waals surface area contributed by atoms with Crippen molar-refractivity contribution in [3.63, 3.8) is 0 Å². The quantitative estimate of drug-likeness (QED) is 0.617. The number of aryl methyl sites for hydroxylation is 4. The van der Waals surface area contributed by atoms with Gasteiger partial charge in [0.25, 0.3) is 0 Å². The molecular formula is C16H16O3. The van der Waals surface area contributed by atoms with Crippen molar-refractivity contribution in [1.82, 2.24) is 0 Å². The Morgan fingerprint density at radius 3 is 2.32 bits per heavy atom. The lowest BCUT2D eigenvalue weighted by molar-refractivity contribution is 0.550. The highest BCUT2D eigenvalue weighted by atomic mass is 16.4. The van der Waals surface area contributed by atoms with Gasteiger partial charge < -0.3 is 8.83 Å². The van der Waals surface area contributed by atoms with Gasteiger partial charge in [0.05, 0.1) is 0 Å². The fraction of sp³-hybridized carbons (Fsp3) is 0.312. The lowest BCUT2D eigenvalue weighted by Gasteiger charge is -2.06. The molecule has 3 heteroatoms. The molecule has 0 atom stereocenters. The van der Waals surface area contributed by atoms with Crippen LogP contribution >= 0.6 is 0 Å². The van der Waals surface area contributed by atoms with E-state index in [0.29, 0.717) is 5.58 Å². The molecule has 0 spiro atoms. The van der Waals surface area contributed by atoms with Gasteiger partial charge in [0.2, 0.25) is 0 Å². The average Bonchev–Trinajstić information content (AvgIpc) is 2.67. The summed E-state index contributed by atoms with van der Waals surface area (Å²) in [5.74, 6) is 0.911. The highest BCUT2D eigenvalue weighted by Gasteiger charge is 2.15. The Balaban J connectivity index is 2.60. The van der Waals surface area contributed by atoms with Crippen LogP contribution in [0.25, 0.3) is 21.9 Å². The van der Waals surface area contributed by atoms with E-state index in [2.05, 4.69) is 13.0 Å². The van der Waals surface area contributed by atoms with Crippen LogP contribution in [0.1, 0.15) is 29.4 Å². The Labute approximate surface area is 110 Å². The van der Waals surface area contributed by atoms with Gasteiger partial charge in [-0.2, -0.15) is 0 Å². The topological polar surface area (TPSA) is 43.4 Å². The van der Waals surface area contributed by atoms with E-state index in [0.717, 1.165) is 45.2 Å². The molecule has 0 aliphatic heterocycles. The van der Waals surface area contributed by atoms with Gasteiger partial charge in [0, 0.05) is 22.4 Å². The van der Waals surface area contributed by atoms with Crippen LogP contribution in [-0.4, -0.2) is 0 Å². The van der Waals surface area contributed by atoms with Crippen molar-refractivity contribution in [2.24, 2.45) is 0 Å². The normalized spacial score (nSPS) is 11.6. The summed E-state index contributed by atoms with van der Waals surface area (Å²) in [7, 11) is 0. The van der Waals surface area contributed by atoms with Gasteiger partial charge in [-0.15, -0.1) is 0 Å². The van der Waals surface area contributed by atoms with Gasteiger partial charge in [-0.1, -0.05) is 6.92 Å². The monoisotopic (exact) mass is 256 g/mol. The largest absolute Gasteiger partial charge is 0.461 e. The van der Waals surface area contributed by atoms with Gasteiger partial charge in [0.1, 0.15) is 16.9 Å². The second kappa shape index (κ2) is 3.98. The highest BCUT2D eigenvalue weighted by molar-refractivity contribution is 5.99. The minimum Gasteiger partial charge on any atom is -0.461 e. The SMILES string of the molecule is CCc1cc(=O)oc2c(C)c3oc(C)c(C)c3cc12. The van der Waals surface area contributed by atoms with E-state index in [4.69, 9.17) is 8.83 Å². The third-order valence-corrected chi connectivity index (χ3v) is 3.87. The van der Waals surface area contributed by atoms with Crippen molar-refractivity contribution in [3.8, 4) is 0 Å². The molecule has 0 saturated heterocycles. The van der Waals surface area contributed by atoms with Crippen LogP contribution in [0.15, 0.2) is 25.8 Å². The maximum atomic E-state index is 11.6. The van der Waals surface area contributed by atoms with Crippen LogP contribution in [0.4, 0.5) is 0 Å². The minimum atomic E-state index is -0.299. The molecule has 0 radical (unpaired) electrons. The summed E-state index contributed by atoms with van der Waals surface area (Å²) in [5.41, 5.74) is 4.23. The smallest absolute Gasteiger partial charge is 0.336 e. The zero-order valence-corrected chi connectivity index (χ0v) is 11.6. The number of fused-ring (bicyclic) bond motifs is 2. The van der Waals surface area contributed by atoms with Crippen molar-refractivity contribution < 1.29 is 8.83 Å². The standard InChI is InChI=1S/C16H16O3/c1-5-11-6-14(17)19-16-9(3)15-12(7-13(11)16)8(2)10(4)18-15/h6-7H,5H2,1-4H3. The first-order chi connectivity index (χ1) is 9.02. The molecular weight excluding hydrogens is 240 g/mol. The van der Waals surface area contributed by atoms with Crippen molar-refractivity contribution in [1.29, 1.82) is 0 Å². The summed E-state index contributed by atoms with van der Waals surface area (Å²) in [5, 5.41) is 2.11. The van der Waals surface area contributed by atoms with E-state index in [1.54, 1.807) is 6.07 Å². The first-order valence-corrected chi connectivity index (χ1v) is 6.49. The van der Waals surface area contributed by atoms with E-state index >= 15 is 0 Å². The van der Waals surface area contributed by atoms with E-state index in [-0.39, 0.29) is 5.63 Å². The van der Waals surface area contributed by atoms with Crippen molar-refractivity contribution >= 4 is 21.9 Å². The third kappa shape index (κ3) is 1.61. The van der Waals surface area contributed by atoms with Crippen LogP contribution in [-0.2, 0) is 6.42 Å². The van der Waals surface area contributed by atoms with E-state index in [9.17, 15) is 4.79 Å². The Kier molecular flexibility index (Phi) is 2.52. The summed E-state index contributed by atoms with van der Waals surface area (Å²) in [6, 6.07) is 3.65. The Bertz CT molecular complexity index is 850. The first kappa shape index (κ1) is 12.0. The van der Waals surface area contributed by atoms with Gasteiger partial charge in [-0.25, -0.2) is 4.79 Å². The lowest BCUT2D eigenvalue weighted by atomic mass is 10.0. The molecule has 2 aromatic heterocycles. The summed E-state index contributed by atoms with van der Waals surface area (Å²) in [6.45, 7) is 7.99. The van der Waals surface area contributed by atoms with Crippen LogP contribution in [0, 0.1) is 20.8 Å². The summed E-state index contributed by atoms with van der Waals surface area (Å²) in [6.07, 6.45) is 0.808. The molecule has 0 N–H and O–H groups in total. The molecule has 19 heavy (non-hydrogen) atoms. The van der Waals surface area contributed by atoms with Gasteiger partial charge >= 0.3 is 5.63 Å². The third-order valence-electron chi connectivity index (χ3n) is 3.87. The molecule has 3 rings (SSSR count). The number of rotatable bonds is 1. The Morgan fingerprint density at radius 2 is 1.63 bits per heavy atom. The molecule has 0 amide bonds. The van der Waals surface area contributed by atoms with E-state index in [1.165, 1.54) is 0 Å². The van der Waals surface area contributed by atoms with Crippen molar-refractivity contribution in [2.75, 3.05) is 0 Å². The van der Waals surface area contributed by atoms with Crippen molar-refractivity contribution in [2.45, 2.75) is 34.1 Å². The molecule has 98 valence electrons. The minimum absolute atomic E-state index is 0.299. The van der Waals surface area contributed by atoms with Crippen LogP contribution in [0.3, 0.4) is 0 Å². The van der Waals surface area contributed by atoms with Crippen LogP contribution in [0.2, 0.25) is 0 Å². The fourth-order valence-corrected chi connectivity index (χ4v) is 2.62. The molecule has 3 aromatic rings. The molecule has 0 fully saturated rings. The van der Waals surface area contributed by atoms with Crippen LogP contribution in [0.5, 0.6) is 0 Å². The highest BCUT2D eigenvalue weighted by Crippen LogP contribution is 2.33. The summed E-state index contributed by atoms with van der Waals surface area (Å²) < 4.78 is 11.2. The molecule has 0 aliphatic rings. The second-order valence-electron chi connectivity index (χ2n) is 4.98. The first-order valence-electron chi connectivity index (χ1n) is 6.49. The maximum absolute atomic E-state index is 11.6. The molecule has 0 unspecified atom stereocenters. The lowest BCUT2D eigenvalue weighted by Crippen LogP contribution is -2.01. The molecule has 1 aromatic carbocycles. The maximum Gasteiger partial charge on any atom is 0.336 e. The molecule has 2 heterocycles. The zero-order chi connectivity index (χ0) is 13.7. The Hall–Kier alpha value is -2.03. The summed E-state index contributed by atoms with van der Waals surface area (Å²) >= 11 is 0. The molecule has 0 aliphatic carbocycles. The number of hydrogen-bond acceptors (Lipinski definition) is 3. The zero-order valence-electron chi connectivity index (χ0n) is 11.6. The van der Waals surface area contributed by atoms with Gasteiger partial charge in [-0.05, 0) is 44.4 Å². The predicted molar refractivity (Wildman–Crippen MR) is 75.8 cm³/mol. The van der Waals surface area contributed by atoms with E-state index in [1.807, 2.05) is 20.8 Å². The van der Waals surface area contributed by atoms with Gasteiger partial charge in [0.15, 0.2) is 0 Å². The molecule has 0 saturated carbocycles. The van der Waals surface area contributed by atoms with E-state index < -0.39 is 0 Å². The van der Waals surface area contributed by atoms with Gasteiger partial charge in [-0.3, -0.25) is 0 Å². The Morgan fingerprint density at radius 1 is 0.947 bits per heavy atom. The number of furan rings is 1. The average molecular weight is 256 g/mol. The summed E-state index contributed by atoms with van der Waals surface area (Å²) in [4.78, 5) is 11.6.